The van der Waals surface area contributed by atoms with Crippen molar-refractivity contribution in [3.8, 4) is 5.75 Å². The Hall–Kier alpha value is -3.29. The van der Waals surface area contributed by atoms with Gasteiger partial charge in [-0.1, -0.05) is 41.4 Å². The van der Waals surface area contributed by atoms with Crippen LogP contribution in [-0.4, -0.2) is 18.0 Å². The number of ether oxygens (including phenoxy) is 1. The summed E-state index contributed by atoms with van der Waals surface area (Å²) in [6.45, 7) is 0.309. The van der Waals surface area contributed by atoms with Gasteiger partial charge >= 0.3 is 11.8 Å². The Balaban J connectivity index is 1.51. The molecule has 154 valence electrons. The van der Waals surface area contributed by atoms with Crippen LogP contribution in [-0.2, 0) is 22.7 Å². The molecule has 1 aromatic heterocycles. The molecule has 0 radical (unpaired) electrons. The molecule has 1 heterocycles. The van der Waals surface area contributed by atoms with E-state index in [-0.39, 0.29) is 13.2 Å². The van der Waals surface area contributed by atoms with Gasteiger partial charge in [-0.05, 0) is 42.0 Å². The number of carbonyl (C=O) groups excluding carboxylic acids is 2. The average molecular weight is 446 g/mol. The van der Waals surface area contributed by atoms with Crippen molar-refractivity contribution in [2.45, 2.75) is 13.2 Å². The molecule has 0 unspecified atom stereocenters. The minimum Gasteiger partial charge on any atom is -0.489 e. The van der Waals surface area contributed by atoms with E-state index in [2.05, 4.69) is 15.8 Å². The van der Waals surface area contributed by atoms with E-state index in [4.69, 9.17) is 32.4 Å². The van der Waals surface area contributed by atoms with Crippen LogP contribution < -0.4 is 15.5 Å². The molecule has 0 aliphatic heterocycles. The summed E-state index contributed by atoms with van der Waals surface area (Å²) in [5.41, 5.74) is 3.51. The monoisotopic (exact) mass is 445 g/mol. The fourth-order valence-corrected chi connectivity index (χ4v) is 2.89. The van der Waals surface area contributed by atoms with Crippen molar-refractivity contribution in [1.29, 1.82) is 0 Å². The second-order valence-electron chi connectivity index (χ2n) is 6.02. The third-order valence-corrected chi connectivity index (χ3v) is 4.60. The van der Waals surface area contributed by atoms with Crippen LogP contribution in [0.2, 0.25) is 10.0 Å². The quantitative estimate of drug-likeness (QED) is 0.327. The summed E-state index contributed by atoms with van der Waals surface area (Å²) < 4.78 is 10.8. The van der Waals surface area contributed by atoms with Gasteiger partial charge in [-0.25, -0.2) is 5.43 Å². The largest absolute Gasteiger partial charge is 0.489 e. The lowest BCUT2D eigenvalue weighted by molar-refractivity contribution is -0.139. The highest BCUT2D eigenvalue weighted by atomic mass is 35.5. The van der Waals surface area contributed by atoms with Crippen LogP contribution in [0.25, 0.3) is 0 Å². The number of hydrogen-bond donors (Lipinski definition) is 2. The van der Waals surface area contributed by atoms with Crippen molar-refractivity contribution in [1.82, 2.24) is 10.7 Å². The summed E-state index contributed by atoms with van der Waals surface area (Å²) in [5.74, 6) is -0.608. The number of hydrogen-bond acceptors (Lipinski definition) is 5. The molecule has 0 aliphatic carbocycles. The number of carbonyl (C=O) groups is 2. The van der Waals surface area contributed by atoms with E-state index >= 15 is 0 Å². The van der Waals surface area contributed by atoms with E-state index in [0.717, 1.165) is 0 Å². The summed E-state index contributed by atoms with van der Waals surface area (Å²) in [7, 11) is 0. The average Bonchev–Trinajstić information content (AvgIpc) is 3.25. The van der Waals surface area contributed by atoms with Crippen molar-refractivity contribution in [2.75, 3.05) is 0 Å². The molecule has 30 heavy (non-hydrogen) atoms. The van der Waals surface area contributed by atoms with Crippen LogP contribution in [0.3, 0.4) is 0 Å². The molecule has 3 aromatic rings. The van der Waals surface area contributed by atoms with E-state index in [9.17, 15) is 9.59 Å². The SMILES string of the molecule is O=C(NCc1ccco1)C(=O)N/N=C\c1cccc(OCc2c(Cl)cccc2Cl)c1. The van der Waals surface area contributed by atoms with E-state index < -0.39 is 11.8 Å². The number of furan rings is 1. The molecule has 0 saturated carbocycles. The standard InChI is InChI=1S/C21H17Cl2N3O4/c22-18-7-2-8-19(23)17(18)13-30-15-5-1-4-14(10-15)11-25-26-21(28)20(27)24-12-16-6-3-9-29-16/h1-11H,12-13H2,(H,24,27)(H,26,28)/b25-11-. The van der Waals surface area contributed by atoms with Crippen LogP contribution in [0.5, 0.6) is 5.75 Å². The number of rotatable bonds is 7. The molecule has 9 heteroatoms. The zero-order chi connectivity index (χ0) is 21.3. The minimum atomic E-state index is -0.890. The van der Waals surface area contributed by atoms with Gasteiger partial charge in [-0.2, -0.15) is 5.10 Å². The number of amides is 2. The molecule has 0 aliphatic rings. The number of hydrazone groups is 1. The first-order chi connectivity index (χ1) is 14.5. The summed E-state index contributed by atoms with van der Waals surface area (Å²) >= 11 is 12.3. The topological polar surface area (TPSA) is 92.9 Å². The molecular formula is C21H17Cl2N3O4. The summed E-state index contributed by atoms with van der Waals surface area (Å²) in [4.78, 5) is 23.5. The first kappa shape index (κ1) is 21.4. The Labute approximate surface area is 182 Å². The van der Waals surface area contributed by atoms with Crippen molar-refractivity contribution >= 4 is 41.2 Å². The molecule has 2 N–H and O–H groups in total. The van der Waals surface area contributed by atoms with Crippen LogP contribution >= 0.6 is 23.2 Å². The Bertz CT molecular complexity index is 1030. The van der Waals surface area contributed by atoms with Crippen molar-refractivity contribution in [3.05, 3.63) is 87.8 Å². The number of nitrogens with zero attached hydrogens (tertiary/aromatic N) is 1. The lowest BCUT2D eigenvalue weighted by Crippen LogP contribution is -2.37. The lowest BCUT2D eigenvalue weighted by Gasteiger charge is -2.09. The number of nitrogens with one attached hydrogen (secondary N) is 2. The molecule has 2 amide bonds. The van der Waals surface area contributed by atoms with Gasteiger partial charge in [0, 0.05) is 15.6 Å². The maximum atomic E-state index is 11.8. The maximum absolute atomic E-state index is 11.8. The van der Waals surface area contributed by atoms with E-state index in [1.807, 2.05) is 0 Å². The predicted octanol–water partition coefficient (Wildman–Crippen LogP) is 3.93. The highest BCUT2D eigenvalue weighted by molar-refractivity contribution is 6.36. The molecular weight excluding hydrogens is 429 g/mol. The summed E-state index contributed by atoms with van der Waals surface area (Å²) in [6.07, 6.45) is 2.87. The van der Waals surface area contributed by atoms with Crippen LogP contribution in [0.1, 0.15) is 16.9 Å². The van der Waals surface area contributed by atoms with Crippen LogP contribution in [0.4, 0.5) is 0 Å². The smallest absolute Gasteiger partial charge is 0.329 e. The minimum absolute atomic E-state index is 0.109. The third-order valence-electron chi connectivity index (χ3n) is 3.89. The van der Waals surface area contributed by atoms with Gasteiger partial charge in [0.05, 0.1) is 19.0 Å². The fourth-order valence-electron chi connectivity index (χ4n) is 2.39. The Kier molecular flexibility index (Phi) is 7.48. The van der Waals surface area contributed by atoms with Crippen molar-refractivity contribution < 1.29 is 18.7 Å². The van der Waals surface area contributed by atoms with Crippen LogP contribution in [0, 0.1) is 0 Å². The Morgan fingerprint density at radius 2 is 1.80 bits per heavy atom. The molecule has 0 bridgehead atoms. The van der Waals surface area contributed by atoms with E-state index in [0.29, 0.717) is 32.7 Å². The molecule has 0 fully saturated rings. The van der Waals surface area contributed by atoms with E-state index in [1.165, 1.54) is 12.5 Å². The van der Waals surface area contributed by atoms with Gasteiger partial charge in [0.1, 0.15) is 18.1 Å². The molecule has 7 nitrogen and oxygen atoms in total. The van der Waals surface area contributed by atoms with Crippen molar-refractivity contribution in [2.24, 2.45) is 5.10 Å². The lowest BCUT2D eigenvalue weighted by atomic mass is 10.2. The summed E-state index contributed by atoms with van der Waals surface area (Å²) in [6, 6.07) is 15.6. The molecule has 0 saturated heterocycles. The maximum Gasteiger partial charge on any atom is 0.329 e. The zero-order valence-corrected chi connectivity index (χ0v) is 17.1. The van der Waals surface area contributed by atoms with Gasteiger partial charge in [0.15, 0.2) is 0 Å². The Morgan fingerprint density at radius 1 is 1.03 bits per heavy atom. The molecule has 2 aromatic carbocycles. The number of halogens is 2. The number of benzene rings is 2. The second-order valence-corrected chi connectivity index (χ2v) is 6.84. The molecule has 3 rings (SSSR count). The normalized spacial score (nSPS) is 10.7. The highest BCUT2D eigenvalue weighted by Gasteiger charge is 2.12. The second kappa shape index (κ2) is 10.5. The summed E-state index contributed by atoms with van der Waals surface area (Å²) in [5, 5.41) is 7.26. The van der Waals surface area contributed by atoms with Gasteiger partial charge in [-0.15, -0.1) is 0 Å². The predicted molar refractivity (Wildman–Crippen MR) is 114 cm³/mol. The van der Waals surface area contributed by atoms with E-state index in [1.54, 1.807) is 54.6 Å². The Morgan fingerprint density at radius 3 is 2.53 bits per heavy atom. The first-order valence-electron chi connectivity index (χ1n) is 8.82. The van der Waals surface area contributed by atoms with Gasteiger partial charge < -0.3 is 14.5 Å². The molecule has 0 atom stereocenters. The van der Waals surface area contributed by atoms with Gasteiger partial charge in [-0.3, -0.25) is 9.59 Å². The fraction of sp³-hybridized carbons (Fsp3) is 0.0952. The third kappa shape index (κ3) is 6.10. The zero-order valence-electron chi connectivity index (χ0n) is 15.6. The highest BCUT2D eigenvalue weighted by Crippen LogP contribution is 2.26. The van der Waals surface area contributed by atoms with Crippen molar-refractivity contribution in [3.63, 3.8) is 0 Å². The van der Waals surface area contributed by atoms with Gasteiger partial charge in [0.2, 0.25) is 0 Å². The molecule has 0 spiro atoms. The van der Waals surface area contributed by atoms with Gasteiger partial charge in [0.25, 0.3) is 0 Å². The van der Waals surface area contributed by atoms with Crippen LogP contribution in [0.15, 0.2) is 70.4 Å². The first-order valence-corrected chi connectivity index (χ1v) is 9.58.